The normalized spacial score (nSPS) is 19.1. The van der Waals surface area contributed by atoms with Gasteiger partial charge in [-0.25, -0.2) is 0 Å². The first-order valence-corrected chi connectivity index (χ1v) is 6.78. The number of rotatable bonds is 6. The molecule has 0 aliphatic carbocycles. The van der Waals surface area contributed by atoms with Gasteiger partial charge in [0.2, 0.25) is 0 Å². The summed E-state index contributed by atoms with van der Waals surface area (Å²) in [6.45, 7) is 7.60. The minimum atomic E-state index is 0.408. The first-order chi connectivity index (χ1) is 8.75. The molecule has 1 fully saturated rings. The van der Waals surface area contributed by atoms with Gasteiger partial charge in [-0.15, -0.1) is 0 Å². The third-order valence-corrected chi connectivity index (χ3v) is 3.28. The highest BCUT2D eigenvalue weighted by Crippen LogP contribution is 2.18. The molecule has 0 amide bonds. The van der Waals surface area contributed by atoms with Crippen LogP contribution in [0.2, 0.25) is 0 Å². The predicted octanol–water partition coefficient (Wildman–Crippen LogP) is 2.45. The highest BCUT2D eigenvalue weighted by Gasteiger charge is 2.14. The molecule has 1 aromatic rings. The van der Waals surface area contributed by atoms with Crippen molar-refractivity contribution in [2.45, 2.75) is 32.8 Å². The van der Waals surface area contributed by atoms with Crippen LogP contribution >= 0.6 is 0 Å². The van der Waals surface area contributed by atoms with E-state index < -0.39 is 0 Å². The summed E-state index contributed by atoms with van der Waals surface area (Å²) >= 11 is 0. The zero-order valence-corrected chi connectivity index (χ0v) is 11.4. The van der Waals surface area contributed by atoms with E-state index in [2.05, 4.69) is 37.4 Å². The molecule has 0 radical (unpaired) electrons. The van der Waals surface area contributed by atoms with Crippen molar-refractivity contribution in [1.29, 1.82) is 0 Å². The molecule has 18 heavy (non-hydrogen) atoms. The summed E-state index contributed by atoms with van der Waals surface area (Å²) in [6.07, 6.45) is 2.79. The molecule has 1 saturated heterocycles. The Morgan fingerprint density at radius 2 is 2.28 bits per heavy atom. The molecule has 1 aromatic carbocycles. The van der Waals surface area contributed by atoms with Crippen LogP contribution in [0.4, 0.5) is 0 Å². The van der Waals surface area contributed by atoms with Crippen LogP contribution in [0.15, 0.2) is 18.2 Å². The van der Waals surface area contributed by atoms with E-state index in [1.165, 1.54) is 24.0 Å². The van der Waals surface area contributed by atoms with Gasteiger partial charge in [0.25, 0.3) is 0 Å². The second-order valence-electron chi connectivity index (χ2n) is 4.96. The second kappa shape index (κ2) is 6.76. The van der Waals surface area contributed by atoms with Crippen LogP contribution in [0, 0.1) is 13.8 Å². The topological polar surface area (TPSA) is 30.5 Å². The van der Waals surface area contributed by atoms with Gasteiger partial charge in [-0.3, -0.25) is 0 Å². The fraction of sp³-hybridized carbons (Fsp3) is 0.600. The highest BCUT2D eigenvalue weighted by molar-refractivity contribution is 5.35. The summed E-state index contributed by atoms with van der Waals surface area (Å²) in [5.41, 5.74) is 2.43. The maximum Gasteiger partial charge on any atom is 0.122 e. The number of hydrogen-bond acceptors (Lipinski definition) is 3. The Hall–Kier alpha value is -1.06. The summed E-state index contributed by atoms with van der Waals surface area (Å²) in [7, 11) is 0. The molecule has 2 rings (SSSR count). The van der Waals surface area contributed by atoms with Crippen molar-refractivity contribution in [2.24, 2.45) is 0 Å². The lowest BCUT2D eigenvalue weighted by Gasteiger charge is -2.12. The molecule has 1 N–H and O–H groups in total. The van der Waals surface area contributed by atoms with Crippen LogP contribution in [-0.4, -0.2) is 32.4 Å². The molecule has 100 valence electrons. The van der Waals surface area contributed by atoms with Crippen molar-refractivity contribution in [3.05, 3.63) is 29.3 Å². The lowest BCUT2D eigenvalue weighted by molar-refractivity contribution is 0.109. The van der Waals surface area contributed by atoms with Crippen LogP contribution in [0.5, 0.6) is 5.75 Å². The standard InChI is InChI=1S/C15H23NO2/c1-12-5-6-13(2)15(10-12)18-9-7-16-11-14-4-3-8-17-14/h5-6,10,14,16H,3-4,7-9,11H2,1-2H3. The Bertz CT molecular complexity index is 373. The molecule has 0 aromatic heterocycles. The molecule has 0 bridgehead atoms. The third kappa shape index (κ3) is 4.00. The van der Waals surface area contributed by atoms with Crippen molar-refractivity contribution in [3.8, 4) is 5.75 Å². The van der Waals surface area contributed by atoms with Crippen molar-refractivity contribution in [2.75, 3.05) is 26.3 Å². The first-order valence-electron chi connectivity index (χ1n) is 6.78. The number of nitrogens with one attached hydrogen (secondary N) is 1. The van der Waals surface area contributed by atoms with Gasteiger partial charge in [0, 0.05) is 19.7 Å². The summed E-state index contributed by atoms with van der Waals surface area (Å²) < 4.78 is 11.3. The van der Waals surface area contributed by atoms with Gasteiger partial charge < -0.3 is 14.8 Å². The van der Waals surface area contributed by atoms with Gasteiger partial charge in [0.15, 0.2) is 0 Å². The van der Waals surface area contributed by atoms with Gasteiger partial charge in [0.05, 0.1) is 6.10 Å². The SMILES string of the molecule is Cc1ccc(C)c(OCCNCC2CCCO2)c1. The van der Waals surface area contributed by atoms with Gasteiger partial charge in [0.1, 0.15) is 12.4 Å². The maximum atomic E-state index is 5.78. The van der Waals surface area contributed by atoms with Gasteiger partial charge in [-0.05, 0) is 43.9 Å². The zero-order valence-electron chi connectivity index (χ0n) is 11.4. The molecule has 1 atom stereocenters. The van der Waals surface area contributed by atoms with Gasteiger partial charge in [-0.2, -0.15) is 0 Å². The molecule has 3 heteroatoms. The van der Waals surface area contributed by atoms with Crippen LogP contribution in [-0.2, 0) is 4.74 Å². The Labute approximate surface area is 109 Å². The zero-order chi connectivity index (χ0) is 12.8. The fourth-order valence-electron chi connectivity index (χ4n) is 2.16. The van der Waals surface area contributed by atoms with Crippen molar-refractivity contribution in [1.82, 2.24) is 5.32 Å². The first kappa shape index (κ1) is 13.4. The molecule has 3 nitrogen and oxygen atoms in total. The molecule has 1 aliphatic heterocycles. The highest BCUT2D eigenvalue weighted by atomic mass is 16.5. The van der Waals surface area contributed by atoms with E-state index in [9.17, 15) is 0 Å². The number of benzene rings is 1. The molecule has 1 heterocycles. The van der Waals surface area contributed by atoms with Crippen LogP contribution in [0.3, 0.4) is 0 Å². The van der Waals surface area contributed by atoms with Gasteiger partial charge >= 0.3 is 0 Å². The monoisotopic (exact) mass is 249 g/mol. The maximum absolute atomic E-state index is 5.78. The number of ether oxygens (including phenoxy) is 2. The Kier molecular flexibility index (Phi) is 5.02. The fourth-order valence-corrected chi connectivity index (χ4v) is 2.16. The molecule has 0 spiro atoms. The van der Waals surface area contributed by atoms with E-state index in [0.717, 1.165) is 25.4 Å². The minimum absolute atomic E-state index is 0.408. The van der Waals surface area contributed by atoms with E-state index in [1.807, 2.05) is 0 Å². The van der Waals surface area contributed by atoms with E-state index in [1.54, 1.807) is 0 Å². The van der Waals surface area contributed by atoms with Crippen LogP contribution in [0.25, 0.3) is 0 Å². The summed E-state index contributed by atoms with van der Waals surface area (Å²) in [5.74, 6) is 0.994. The average molecular weight is 249 g/mol. The smallest absolute Gasteiger partial charge is 0.122 e. The molecule has 1 unspecified atom stereocenters. The Morgan fingerprint density at radius 1 is 1.39 bits per heavy atom. The van der Waals surface area contributed by atoms with E-state index in [4.69, 9.17) is 9.47 Å². The molecule has 0 saturated carbocycles. The largest absolute Gasteiger partial charge is 0.492 e. The number of hydrogen-bond donors (Lipinski definition) is 1. The molecular weight excluding hydrogens is 226 g/mol. The quantitative estimate of drug-likeness (QED) is 0.786. The summed E-state index contributed by atoms with van der Waals surface area (Å²) in [6, 6.07) is 6.30. The van der Waals surface area contributed by atoms with E-state index in [-0.39, 0.29) is 0 Å². The van der Waals surface area contributed by atoms with Crippen molar-refractivity contribution >= 4 is 0 Å². The molecule has 1 aliphatic rings. The Morgan fingerprint density at radius 3 is 3.06 bits per heavy atom. The lowest BCUT2D eigenvalue weighted by atomic mass is 10.1. The molecular formula is C15H23NO2. The van der Waals surface area contributed by atoms with E-state index in [0.29, 0.717) is 12.7 Å². The van der Waals surface area contributed by atoms with Crippen molar-refractivity contribution in [3.63, 3.8) is 0 Å². The second-order valence-corrected chi connectivity index (χ2v) is 4.96. The lowest BCUT2D eigenvalue weighted by Crippen LogP contribution is -2.29. The van der Waals surface area contributed by atoms with Gasteiger partial charge in [-0.1, -0.05) is 12.1 Å². The summed E-state index contributed by atoms with van der Waals surface area (Å²) in [4.78, 5) is 0. The minimum Gasteiger partial charge on any atom is -0.492 e. The number of aryl methyl sites for hydroxylation is 2. The van der Waals surface area contributed by atoms with Crippen LogP contribution in [0.1, 0.15) is 24.0 Å². The Balaban J connectivity index is 1.64. The average Bonchev–Trinajstić information content (AvgIpc) is 2.86. The van der Waals surface area contributed by atoms with E-state index >= 15 is 0 Å². The third-order valence-electron chi connectivity index (χ3n) is 3.28. The predicted molar refractivity (Wildman–Crippen MR) is 73.3 cm³/mol. The summed E-state index contributed by atoms with van der Waals surface area (Å²) in [5, 5.41) is 3.38. The van der Waals surface area contributed by atoms with Crippen LogP contribution < -0.4 is 10.1 Å². The van der Waals surface area contributed by atoms with Crippen molar-refractivity contribution < 1.29 is 9.47 Å².